The minimum absolute atomic E-state index is 0.174. The molecule has 2 N–H and O–H groups in total. The second-order valence-corrected chi connectivity index (χ2v) is 6.39. The number of methoxy groups -OCH3 is 3. The minimum atomic E-state index is 0.174. The average molecular weight is 389 g/mol. The Morgan fingerprint density at radius 3 is 2.03 bits per heavy atom. The van der Waals surface area contributed by atoms with Gasteiger partial charge in [-0.05, 0) is 35.7 Å². The van der Waals surface area contributed by atoms with Gasteiger partial charge in [-0.15, -0.1) is 0 Å². The van der Waals surface area contributed by atoms with Crippen molar-refractivity contribution in [3.63, 3.8) is 0 Å². The van der Waals surface area contributed by atoms with Crippen molar-refractivity contribution in [2.45, 2.75) is 13.3 Å². The van der Waals surface area contributed by atoms with E-state index in [9.17, 15) is 5.26 Å². The monoisotopic (exact) mass is 389 g/mol. The Morgan fingerprint density at radius 1 is 0.931 bits per heavy atom. The zero-order valence-corrected chi connectivity index (χ0v) is 16.9. The summed E-state index contributed by atoms with van der Waals surface area (Å²) in [6.45, 7) is 2.10. The Bertz CT molecular complexity index is 1040. The van der Waals surface area contributed by atoms with Crippen LogP contribution < -0.4 is 19.9 Å². The maximum Gasteiger partial charge on any atom is 0.203 e. The maximum atomic E-state index is 9.63. The van der Waals surface area contributed by atoms with Gasteiger partial charge in [0.1, 0.15) is 17.5 Å². The summed E-state index contributed by atoms with van der Waals surface area (Å²) in [4.78, 5) is 4.44. The molecule has 0 saturated carbocycles. The molecule has 0 atom stereocenters. The fraction of sp³-hybridized carbons (Fsp3) is 0.217. The number of benzene rings is 2. The van der Waals surface area contributed by atoms with Crippen LogP contribution in [0.4, 0.5) is 5.82 Å². The van der Waals surface area contributed by atoms with Crippen molar-refractivity contribution >= 4 is 5.82 Å². The van der Waals surface area contributed by atoms with Gasteiger partial charge in [0.2, 0.25) is 5.75 Å². The second-order valence-electron chi connectivity index (χ2n) is 6.39. The molecule has 0 amide bonds. The highest BCUT2D eigenvalue weighted by atomic mass is 16.5. The predicted molar refractivity (Wildman–Crippen MR) is 113 cm³/mol. The van der Waals surface area contributed by atoms with Crippen LogP contribution >= 0.6 is 0 Å². The van der Waals surface area contributed by atoms with E-state index in [0.29, 0.717) is 28.5 Å². The molecule has 6 nitrogen and oxygen atoms in total. The van der Waals surface area contributed by atoms with Crippen molar-refractivity contribution in [2.75, 3.05) is 27.1 Å². The summed E-state index contributed by atoms with van der Waals surface area (Å²) < 4.78 is 16.3. The summed E-state index contributed by atoms with van der Waals surface area (Å²) in [7, 11) is 4.67. The molecule has 2 aromatic carbocycles. The van der Waals surface area contributed by atoms with Crippen molar-refractivity contribution < 1.29 is 14.2 Å². The van der Waals surface area contributed by atoms with Gasteiger partial charge in [0.15, 0.2) is 11.5 Å². The van der Waals surface area contributed by atoms with E-state index in [-0.39, 0.29) is 5.82 Å². The molecule has 0 fully saturated rings. The van der Waals surface area contributed by atoms with Gasteiger partial charge in [-0.2, -0.15) is 5.26 Å². The quantitative estimate of drug-likeness (QED) is 0.669. The van der Waals surface area contributed by atoms with E-state index in [1.54, 1.807) is 33.5 Å². The van der Waals surface area contributed by atoms with Crippen LogP contribution in [0.2, 0.25) is 0 Å². The van der Waals surface area contributed by atoms with Gasteiger partial charge in [-0.25, -0.2) is 4.98 Å². The Kier molecular flexibility index (Phi) is 5.89. The van der Waals surface area contributed by atoms with Gasteiger partial charge in [0.05, 0.1) is 27.0 Å². The summed E-state index contributed by atoms with van der Waals surface area (Å²) in [5.74, 6) is 1.70. The number of nitrogens with zero attached hydrogens (tertiary/aromatic N) is 2. The lowest BCUT2D eigenvalue weighted by molar-refractivity contribution is 0.324. The minimum Gasteiger partial charge on any atom is -0.493 e. The maximum absolute atomic E-state index is 9.63. The summed E-state index contributed by atoms with van der Waals surface area (Å²) in [5, 5.41) is 9.63. The molecule has 29 heavy (non-hydrogen) atoms. The molecule has 1 heterocycles. The van der Waals surface area contributed by atoms with Crippen LogP contribution in [-0.4, -0.2) is 26.3 Å². The van der Waals surface area contributed by atoms with Crippen molar-refractivity contribution in [1.29, 1.82) is 5.26 Å². The average Bonchev–Trinajstić information content (AvgIpc) is 2.77. The first-order valence-electron chi connectivity index (χ1n) is 9.16. The molecule has 1 aromatic heterocycles. The molecular weight excluding hydrogens is 366 g/mol. The Balaban J connectivity index is 2.21. The Morgan fingerprint density at radius 2 is 1.55 bits per heavy atom. The van der Waals surface area contributed by atoms with Crippen LogP contribution in [0.3, 0.4) is 0 Å². The molecule has 6 heteroatoms. The number of nitrogen functional groups attached to an aromatic ring is 1. The van der Waals surface area contributed by atoms with E-state index in [1.807, 2.05) is 30.3 Å². The molecule has 0 bridgehead atoms. The zero-order chi connectivity index (χ0) is 21.0. The van der Waals surface area contributed by atoms with Crippen molar-refractivity contribution in [2.24, 2.45) is 0 Å². The molecule has 148 valence electrons. The number of rotatable bonds is 6. The van der Waals surface area contributed by atoms with Crippen LogP contribution in [0.25, 0.3) is 22.4 Å². The molecule has 3 rings (SSSR count). The van der Waals surface area contributed by atoms with Crippen molar-refractivity contribution in [3.8, 4) is 45.7 Å². The number of aromatic nitrogens is 1. The number of hydrogen-bond donors (Lipinski definition) is 1. The number of anilines is 1. The van der Waals surface area contributed by atoms with E-state index in [2.05, 4.69) is 18.0 Å². The Hall–Kier alpha value is -3.72. The van der Waals surface area contributed by atoms with Gasteiger partial charge in [-0.1, -0.05) is 31.2 Å². The summed E-state index contributed by atoms with van der Waals surface area (Å²) in [6, 6.07) is 15.7. The van der Waals surface area contributed by atoms with Crippen LogP contribution in [-0.2, 0) is 6.42 Å². The number of nitriles is 1. The van der Waals surface area contributed by atoms with E-state index < -0.39 is 0 Å². The van der Waals surface area contributed by atoms with Gasteiger partial charge >= 0.3 is 0 Å². The molecule has 0 radical (unpaired) electrons. The third-order valence-corrected chi connectivity index (χ3v) is 4.79. The lowest BCUT2D eigenvalue weighted by atomic mass is 9.97. The lowest BCUT2D eigenvalue weighted by Gasteiger charge is -2.15. The van der Waals surface area contributed by atoms with Crippen LogP contribution in [0, 0.1) is 11.3 Å². The van der Waals surface area contributed by atoms with E-state index in [4.69, 9.17) is 19.9 Å². The van der Waals surface area contributed by atoms with Crippen LogP contribution in [0.5, 0.6) is 17.2 Å². The predicted octanol–water partition coefficient (Wildman–Crippen LogP) is 4.46. The SMILES string of the molecule is CCc1ccc(-c2cc(-c3cc(OC)c(OC)c(OC)c3)nc(N)c2C#N)cc1. The smallest absolute Gasteiger partial charge is 0.203 e. The zero-order valence-electron chi connectivity index (χ0n) is 16.9. The summed E-state index contributed by atoms with van der Waals surface area (Å²) in [6.07, 6.45) is 0.945. The highest BCUT2D eigenvalue weighted by Crippen LogP contribution is 2.42. The van der Waals surface area contributed by atoms with Gasteiger partial charge < -0.3 is 19.9 Å². The first kappa shape index (κ1) is 20.0. The van der Waals surface area contributed by atoms with E-state index >= 15 is 0 Å². The number of nitrogens with two attached hydrogens (primary N) is 1. The van der Waals surface area contributed by atoms with Gasteiger partial charge in [0.25, 0.3) is 0 Å². The molecule has 0 aliphatic rings. The second kappa shape index (κ2) is 8.53. The van der Waals surface area contributed by atoms with Crippen molar-refractivity contribution in [1.82, 2.24) is 4.98 Å². The third kappa shape index (κ3) is 3.81. The largest absolute Gasteiger partial charge is 0.493 e. The highest BCUT2D eigenvalue weighted by Gasteiger charge is 2.18. The van der Waals surface area contributed by atoms with Crippen LogP contribution in [0.1, 0.15) is 18.1 Å². The molecule has 0 spiro atoms. The molecule has 3 aromatic rings. The topological polar surface area (TPSA) is 90.4 Å². The van der Waals surface area contributed by atoms with Crippen LogP contribution in [0.15, 0.2) is 42.5 Å². The fourth-order valence-electron chi connectivity index (χ4n) is 3.21. The first-order chi connectivity index (χ1) is 14.1. The molecule has 0 saturated heterocycles. The molecule has 0 unspecified atom stereocenters. The number of aryl methyl sites for hydroxylation is 1. The first-order valence-corrected chi connectivity index (χ1v) is 9.16. The van der Waals surface area contributed by atoms with Gasteiger partial charge in [0, 0.05) is 11.1 Å². The third-order valence-electron chi connectivity index (χ3n) is 4.79. The number of ether oxygens (including phenoxy) is 3. The van der Waals surface area contributed by atoms with E-state index in [1.165, 1.54) is 5.56 Å². The normalized spacial score (nSPS) is 10.3. The summed E-state index contributed by atoms with van der Waals surface area (Å²) >= 11 is 0. The molecular formula is C23H23N3O3. The van der Waals surface area contributed by atoms with Crippen molar-refractivity contribution in [3.05, 3.63) is 53.6 Å². The van der Waals surface area contributed by atoms with Gasteiger partial charge in [-0.3, -0.25) is 0 Å². The molecule has 0 aliphatic heterocycles. The summed E-state index contributed by atoms with van der Waals surface area (Å²) in [5.41, 5.74) is 10.7. The fourth-order valence-corrected chi connectivity index (χ4v) is 3.21. The number of hydrogen-bond acceptors (Lipinski definition) is 6. The highest BCUT2D eigenvalue weighted by molar-refractivity contribution is 5.81. The Labute approximate surface area is 170 Å². The molecule has 0 aliphatic carbocycles. The standard InChI is InChI=1S/C23H23N3O3/c1-5-14-6-8-15(9-7-14)17-12-19(26-23(25)18(17)13-24)16-10-20(27-2)22(29-4)21(11-16)28-3/h6-12H,5H2,1-4H3,(H2,25,26). The number of pyridine rings is 1. The van der Waals surface area contributed by atoms with E-state index in [0.717, 1.165) is 23.1 Å². The lowest BCUT2D eigenvalue weighted by Crippen LogP contribution is -2.01.